The number of rotatable bonds is 6. The maximum Gasteiger partial charge on any atom is 0.332 e. The Hall–Kier alpha value is -1.43. The van der Waals surface area contributed by atoms with Crippen molar-refractivity contribution in [2.45, 2.75) is 46.6 Å². The van der Waals surface area contributed by atoms with Gasteiger partial charge in [0.1, 0.15) is 5.69 Å². The fourth-order valence-corrected chi connectivity index (χ4v) is 2.13. The molecule has 6 nitrogen and oxygen atoms in total. The Labute approximate surface area is 117 Å². The Morgan fingerprint density at radius 3 is 2.58 bits per heavy atom. The van der Waals surface area contributed by atoms with Gasteiger partial charge in [-0.15, -0.1) is 0 Å². The number of halogens is 1. The fraction of sp³-hybridized carbons (Fsp3) is 0.667. The fourth-order valence-electron chi connectivity index (χ4n) is 1.91. The molecule has 1 aromatic heterocycles. The predicted octanol–water partition coefficient (Wildman–Crippen LogP) is 3.58. The summed E-state index contributed by atoms with van der Waals surface area (Å²) in [5, 5.41) is 14.1. The molecule has 2 atom stereocenters. The molecule has 0 aliphatic heterocycles. The molecular weight excluding hydrogens is 268 g/mol. The summed E-state index contributed by atoms with van der Waals surface area (Å²) in [7, 11) is 0. The quantitative estimate of drug-likeness (QED) is 0.491. The first kappa shape index (κ1) is 15.6. The summed E-state index contributed by atoms with van der Waals surface area (Å²) in [4.78, 5) is 18.3. The van der Waals surface area contributed by atoms with E-state index in [0.717, 1.165) is 12.8 Å². The number of aromatic nitrogens is 2. The van der Waals surface area contributed by atoms with Crippen LogP contribution in [0.3, 0.4) is 0 Å². The molecule has 106 valence electrons. The number of hydrogen-bond donors (Lipinski definition) is 1. The maximum atomic E-state index is 11.1. The second kappa shape index (κ2) is 6.65. The topological polar surface area (TPSA) is 81.0 Å². The molecule has 1 rings (SSSR count). The summed E-state index contributed by atoms with van der Waals surface area (Å²) in [6.07, 6.45) is 1.98. The van der Waals surface area contributed by atoms with Crippen molar-refractivity contribution in [3.63, 3.8) is 0 Å². The van der Waals surface area contributed by atoms with Crippen LogP contribution in [0, 0.1) is 23.0 Å². The number of nitro groups is 1. The first-order valence-electron chi connectivity index (χ1n) is 6.30. The highest BCUT2D eigenvalue weighted by Crippen LogP contribution is 2.27. The lowest BCUT2D eigenvalue weighted by atomic mass is 10.0. The largest absolute Gasteiger partial charge is 0.362 e. The average molecular weight is 287 g/mol. The molecule has 0 amide bonds. The van der Waals surface area contributed by atoms with Crippen LogP contribution in [-0.4, -0.2) is 20.9 Å². The molecule has 0 saturated carbocycles. The van der Waals surface area contributed by atoms with Crippen molar-refractivity contribution in [2.75, 3.05) is 5.32 Å². The molecule has 0 fully saturated rings. The Bertz CT molecular complexity index is 467. The van der Waals surface area contributed by atoms with Gasteiger partial charge in [-0.2, -0.15) is 4.98 Å². The van der Waals surface area contributed by atoms with Gasteiger partial charge < -0.3 is 5.32 Å². The molecule has 0 radical (unpaired) electrons. The van der Waals surface area contributed by atoms with E-state index in [9.17, 15) is 10.1 Å². The van der Waals surface area contributed by atoms with Crippen molar-refractivity contribution >= 4 is 23.1 Å². The lowest BCUT2D eigenvalue weighted by molar-refractivity contribution is -0.385. The second-order valence-electron chi connectivity index (χ2n) is 4.83. The third-order valence-electron chi connectivity index (χ3n) is 3.05. The summed E-state index contributed by atoms with van der Waals surface area (Å²) < 4.78 is 0. The maximum absolute atomic E-state index is 11.1. The van der Waals surface area contributed by atoms with E-state index < -0.39 is 4.92 Å². The Kier molecular flexibility index (Phi) is 5.47. The molecule has 0 aliphatic carbocycles. The van der Waals surface area contributed by atoms with Crippen LogP contribution in [-0.2, 0) is 0 Å². The first-order valence-corrected chi connectivity index (χ1v) is 6.68. The van der Waals surface area contributed by atoms with Gasteiger partial charge in [-0.1, -0.05) is 20.3 Å². The van der Waals surface area contributed by atoms with Crippen molar-refractivity contribution in [3.05, 3.63) is 21.1 Å². The summed E-state index contributed by atoms with van der Waals surface area (Å²) in [6, 6.07) is 0.0824. The van der Waals surface area contributed by atoms with E-state index >= 15 is 0 Å². The zero-order valence-electron chi connectivity index (χ0n) is 11.6. The van der Waals surface area contributed by atoms with Crippen LogP contribution in [0.25, 0.3) is 0 Å². The molecule has 1 heterocycles. The standard InChI is InChI=1S/C12H19ClN4O2/c1-5-7(2)6-8(3)14-11-10(17(18)19)9(4)15-12(13)16-11/h7-8H,5-6H2,1-4H3,(H,14,15,16). The van der Waals surface area contributed by atoms with Gasteiger partial charge in [0.15, 0.2) is 0 Å². The van der Waals surface area contributed by atoms with Crippen LogP contribution in [0.5, 0.6) is 0 Å². The van der Waals surface area contributed by atoms with E-state index in [0.29, 0.717) is 5.92 Å². The van der Waals surface area contributed by atoms with Crippen molar-refractivity contribution in [1.82, 2.24) is 9.97 Å². The Morgan fingerprint density at radius 2 is 2.05 bits per heavy atom. The molecule has 7 heteroatoms. The van der Waals surface area contributed by atoms with Crippen molar-refractivity contribution in [2.24, 2.45) is 5.92 Å². The molecule has 1 N–H and O–H groups in total. The van der Waals surface area contributed by atoms with Crippen LogP contribution >= 0.6 is 11.6 Å². The normalized spacial score (nSPS) is 13.9. The molecule has 0 bridgehead atoms. The monoisotopic (exact) mass is 286 g/mol. The van der Waals surface area contributed by atoms with E-state index in [2.05, 4.69) is 29.1 Å². The summed E-state index contributed by atoms with van der Waals surface area (Å²) in [6.45, 7) is 7.79. The minimum atomic E-state index is -0.482. The van der Waals surface area contributed by atoms with E-state index in [1.165, 1.54) is 0 Å². The predicted molar refractivity (Wildman–Crippen MR) is 75.6 cm³/mol. The average Bonchev–Trinajstić information content (AvgIpc) is 2.26. The molecule has 0 aromatic carbocycles. The van der Waals surface area contributed by atoms with E-state index in [-0.39, 0.29) is 28.5 Å². The van der Waals surface area contributed by atoms with Crippen LogP contribution < -0.4 is 5.32 Å². The zero-order chi connectivity index (χ0) is 14.6. The summed E-state index contributed by atoms with van der Waals surface area (Å²) >= 11 is 5.76. The van der Waals surface area contributed by atoms with Crippen LogP contribution in [0.4, 0.5) is 11.5 Å². The Balaban J connectivity index is 2.96. The third-order valence-corrected chi connectivity index (χ3v) is 3.22. The molecule has 0 spiro atoms. The van der Waals surface area contributed by atoms with Crippen LogP contribution in [0.2, 0.25) is 5.28 Å². The first-order chi connectivity index (χ1) is 8.85. The highest BCUT2D eigenvalue weighted by Gasteiger charge is 2.23. The molecule has 0 aliphatic rings. The summed E-state index contributed by atoms with van der Waals surface area (Å²) in [5.41, 5.74) is 0.156. The van der Waals surface area contributed by atoms with Gasteiger partial charge in [0.05, 0.1) is 4.92 Å². The lowest BCUT2D eigenvalue weighted by Crippen LogP contribution is -2.20. The van der Waals surface area contributed by atoms with Gasteiger partial charge in [-0.3, -0.25) is 10.1 Å². The number of nitrogens with one attached hydrogen (secondary N) is 1. The number of hydrogen-bond acceptors (Lipinski definition) is 5. The highest BCUT2D eigenvalue weighted by molar-refractivity contribution is 6.28. The number of aryl methyl sites for hydroxylation is 1. The molecule has 19 heavy (non-hydrogen) atoms. The van der Waals surface area contributed by atoms with Crippen LogP contribution in [0.1, 0.15) is 39.3 Å². The van der Waals surface area contributed by atoms with Gasteiger partial charge >= 0.3 is 5.69 Å². The number of nitrogens with zero attached hydrogens (tertiary/aromatic N) is 3. The van der Waals surface area contributed by atoms with E-state index in [1.807, 2.05) is 6.92 Å². The Morgan fingerprint density at radius 1 is 1.42 bits per heavy atom. The highest BCUT2D eigenvalue weighted by atomic mass is 35.5. The van der Waals surface area contributed by atoms with Crippen molar-refractivity contribution in [1.29, 1.82) is 0 Å². The molecule has 1 aromatic rings. The van der Waals surface area contributed by atoms with Crippen molar-refractivity contribution < 1.29 is 4.92 Å². The van der Waals surface area contributed by atoms with Gasteiger partial charge in [0, 0.05) is 6.04 Å². The molecular formula is C12H19ClN4O2. The minimum absolute atomic E-state index is 0.0151. The van der Waals surface area contributed by atoms with Gasteiger partial charge in [-0.25, -0.2) is 4.98 Å². The molecule has 2 unspecified atom stereocenters. The van der Waals surface area contributed by atoms with Crippen molar-refractivity contribution in [3.8, 4) is 0 Å². The minimum Gasteiger partial charge on any atom is -0.362 e. The number of anilines is 1. The lowest BCUT2D eigenvalue weighted by Gasteiger charge is -2.18. The summed E-state index contributed by atoms with van der Waals surface area (Å²) in [5.74, 6) is 0.735. The SMILES string of the molecule is CCC(C)CC(C)Nc1nc(Cl)nc(C)c1[N+](=O)[O-]. The van der Waals surface area contributed by atoms with Gasteiger partial charge in [0.2, 0.25) is 11.1 Å². The van der Waals surface area contributed by atoms with E-state index in [1.54, 1.807) is 6.92 Å². The molecule has 0 saturated heterocycles. The second-order valence-corrected chi connectivity index (χ2v) is 5.16. The van der Waals surface area contributed by atoms with Gasteiger partial charge in [-0.05, 0) is 37.8 Å². The van der Waals surface area contributed by atoms with Gasteiger partial charge in [0.25, 0.3) is 0 Å². The third kappa shape index (κ3) is 4.31. The van der Waals surface area contributed by atoms with Crippen LogP contribution in [0.15, 0.2) is 0 Å². The zero-order valence-corrected chi connectivity index (χ0v) is 12.4. The van der Waals surface area contributed by atoms with E-state index in [4.69, 9.17) is 11.6 Å². The smallest absolute Gasteiger partial charge is 0.332 e.